The Hall–Kier alpha value is -0.700. The van der Waals surface area contributed by atoms with E-state index in [0.29, 0.717) is 17.6 Å². The standard InChI is InChI=1S/C23H49N2O7P/c1-6-7-8-9-10-11-12-13-14-15-16-17-24-23(26)30-20-22(29-5)21-32-33(27,28)31-19-18-25(2,3)4/h22H,6-21H2,1-5H3,(H-,24,26,27,28)/p+1. The van der Waals surface area contributed by atoms with Gasteiger partial charge in [-0.25, -0.2) is 9.36 Å². The predicted molar refractivity (Wildman–Crippen MR) is 131 cm³/mol. The molecule has 0 aliphatic rings. The zero-order valence-corrected chi connectivity index (χ0v) is 22.6. The van der Waals surface area contributed by atoms with Crippen LogP contribution in [0.5, 0.6) is 0 Å². The van der Waals surface area contributed by atoms with E-state index in [2.05, 4.69) is 12.2 Å². The highest BCUT2D eigenvalue weighted by atomic mass is 31.2. The number of nitrogens with one attached hydrogen (secondary N) is 1. The number of methoxy groups -OCH3 is 1. The van der Waals surface area contributed by atoms with Crippen LogP contribution < -0.4 is 5.32 Å². The number of hydrogen-bond acceptors (Lipinski definition) is 6. The minimum atomic E-state index is -4.18. The molecule has 0 rings (SSSR count). The summed E-state index contributed by atoms with van der Waals surface area (Å²) in [6, 6.07) is 0. The summed E-state index contributed by atoms with van der Waals surface area (Å²) in [5.74, 6) is 0. The van der Waals surface area contributed by atoms with Gasteiger partial charge in [0.25, 0.3) is 0 Å². The van der Waals surface area contributed by atoms with Gasteiger partial charge in [0.2, 0.25) is 0 Å². The van der Waals surface area contributed by atoms with Gasteiger partial charge in [0, 0.05) is 13.7 Å². The highest BCUT2D eigenvalue weighted by molar-refractivity contribution is 7.47. The fourth-order valence-corrected chi connectivity index (χ4v) is 3.77. The number of unbranched alkanes of at least 4 members (excludes halogenated alkanes) is 10. The molecule has 0 saturated heterocycles. The molecule has 0 aromatic carbocycles. The molecular weight excluding hydrogens is 447 g/mol. The number of likely N-dealkylation sites (N-methyl/N-ethyl adjacent to an activating group) is 1. The first kappa shape index (κ1) is 32.3. The second-order valence-electron chi connectivity index (χ2n) is 9.53. The van der Waals surface area contributed by atoms with E-state index >= 15 is 0 Å². The van der Waals surface area contributed by atoms with Gasteiger partial charge in [-0.05, 0) is 6.42 Å². The van der Waals surface area contributed by atoms with Crippen LogP contribution in [0.4, 0.5) is 4.79 Å². The quantitative estimate of drug-likeness (QED) is 0.125. The SMILES string of the molecule is CCCCCCCCCCCCCNC(=O)OCC(COP(=O)(O)OCC[N+](C)(C)C)OC. The molecule has 0 aliphatic carbocycles. The van der Waals surface area contributed by atoms with Crippen LogP contribution in [0.15, 0.2) is 0 Å². The van der Waals surface area contributed by atoms with Crippen molar-refractivity contribution in [1.29, 1.82) is 0 Å². The number of hydrogen-bond donors (Lipinski definition) is 2. The van der Waals surface area contributed by atoms with E-state index in [1.807, 2.05) is 21.1 Å². The monoisotopic (exact) mass is 497 g/mol. The predicted octanol–water partition coefficient (Wildman–Crippen LogP) is 4.88. The van der Waals surface area contributed by atoms with Crippen LogP contribution >= 0.6 is 7.82 Å². The van der Waals surface area contributed by atoms with Crippen molar-refractivity contribution in [1.82, 2.24) is 5.32 Å². The number of ether oxygens (including phenoxy) is 2. The summed E-state index contributed by atoms with van der Waals surface area (Å²) in [6.07, 6.45) is 12.6. The molecule has 0 heterocycles. The highest BCUT2D eigenvalue weighted by Crippen LogP contribution is 2.43. The number of carbonyl (C=O) groups excluding carboxylic acids is 1. The second-order valence-corrected chi connectivity index (χ2v) is 11.0. The third kappa shape index (κ3) is 22.8. The third-order valence-electron chi connectivity index (χ3n) is 5.22. The number of carbonyl (C=O) groups is 1. The lowest BCUT2D eigenvalue weighted by molar-refractivity contribution is -0.870. The number of rotatable bonds is 22. The number of phosphoric ester groups is 1. The Morgan fingerprint density at radius 3 is 1.97 bits per heavy atom. The number of alkyl carbamates (subject to hydrolysis) is 1. The van der Waals surface area contributed by atoms with Crippen molar-refractivity contribution in [3.05, 3.63) is 0 Å². The normalized spacial score (nSPS) is 14.6. The summed E-state index contributed by atoms with van der Waals surface area (Å²) in [4.78, 5) is 21.6. The van der Waals surface area contributed by atoms with E-state index in [4.69, 9.17) is 18.5 Å². The van der Waals surface area contributed by atoms with Crippen molar-refractivity contribution in [3.8, 4) is 0 Å². The van der Waals surface area contributed by atoms with Gasteiger partial charge in [0.1, 0.15) is 25.9 Å². The van der Waals surface area contributed by atoms with Crippen molar-refractivity contribution in [3.63, 3.8) is 0 Å². The zero-order chi connectivity index (χ0) is 25.0. The molecule has 0 spiro atoms. The van der Waals surface area contributed by atoms with Gasteiger partial charge in [-0.1, -0.05) is 71.1 Å². The van der Waals surface area contributed by atoms with E-state index in [1.165, 1.54) is 64.9 Å². The molecule has 1 amide bonds. The van der Waals surface area contributed by atoms with Gasteiger partial charge < -0.3 is 24.2 Å². The lowest BCUT2D eigenvalue weighted by Gasteiger charge is -2.24. The molecule has 2 unspecified atom stereocenters. The lowest BCUT2D eigenvalue weighted by Crippen LogP contribution is -2.37. The number of quaternary nitrogens is 1. The summed E-state index contributed by atoms with van der Waals surface area (Å²) in [6.45, 7) is 3.15. The molecular formula is C23H50N2O7P+. The molecule has 2 atom stereocenters. The maximum absolute atomic E-state index is 11.9. The number of nitrogens with zero attached hydrogens (tertiary/aromatic N) is 1. The van der Waals surface area contributed by atoms with Crippen LogP contribution in [0.1, 0.15) is 77.6 Å². The molecule has 9 nitrogen and oxygen atoms in total. The highest BCUT2D eigenvalue weighted by Gasteiger charge is 2.25. The Kier molecular flexibility index (Phi) is 19.2. The summed E-state index contributed by atoms with van der Waals surface area (Å²) >= 11 is 0. The molecule has 198 valence electrons. The maximum Gasteiger partial charge on any atom is 0.472 e. The summed E-state index contributed by atoms with van der Waals surface area (Å²) in [5, 5.41) is 2.72. The van der Waals surface area contributed by atoms with E-state index in [0.717, 1.165) is 12.8 Å². The first-order valence-electron chi connectivity index (χ1n) is 12.5. The number of amides is 1. The van der Waals surface area contributed by atoms with Crippen molar-refractivity contribution in [2.75, 3.05) is 61.2 Å². The molecule has 10 heteroatoms. The maximum atomic E-state index is 11.9. The van der Waals surface area contributed by atoms with Crippen LogP contribution in [0.2, 0.25) is 0 Å². The largest absolute Gasteiger partial charge is 0.472 e. The van der Waals surface area contributed by atoms with Crippen LogP contribution in [-0.2, 0) is 23.1 Å². The fourth-order valence-electron chi connectivity index (χ4n) is 3.03. The Balaban J connectivity index is 3.74. The second kappa shape index (κ2) is 19.6. The first-order valence-corrected chi connectivity index (χ1v) is 13.9. The van der Waals surface area contributed by atoms with Gasteiger partial charge in [-0.3, -0.25) is 9.05 Å². The summed E-state index contributed by atoms with van der Waals surface area (Å²) in [5.41, 5.74) is 0. The van der Waals surface area contributed by atoms with E-state index in [1.54, 1.807) is 0 Å². The van der Waals surface area contributed by atoms with Gasteiger partial charge >= 0.3 is 13.9 Å². The van der Waals surface area contributed by atoms with Gasteiger partial charge in [-0.15, -0.1) is 0 Å². The molecule has 2 N–H and O–H groups in total. The smallest absolute Gasteiger partial charge is 0.447 e. The van der Waals surface area contributed by atoms with Gasteiger partial charge in [0.05, 0.1) is 27.7 Å². The minimum Gasteiger partial charge on any atom is -0.447 e. The van der Waals surface area contributed by atoms with Crippen LogP contribution in [0, 0.1) is 0 Å². The molecule has 33 heavy (non-hydrogen) atoms. The first-order chi connectivity index (χ1) is 15.6. The average Bonchev–Trinajstić information content (AvgIpc) is 2.73. The molecule has 0 bridgehead atoms. The Morgan fingerprint density at radius 1 is 0.909 bits per heavy atom. The molecule has 0 aromatic heterocycles. The van der Waals surface area contributed by atoms with Crippen molar-refractivity contribution in [2.24, 2.45) is 0 Å². The van der Waals surface area contributed by atoms with E-state index in [-0.39, 0.29) is 19.8 Å². The van der Waals surface area contributed by atoms with Gasteiger partial charge in [-0.2, -0.15) is 0 Å². The Bertz CT molecular complexity index is 529. The van der Waals surface area contributed by atoms with Gasteiger partial charge in [0.15, 0.2) is 0 Å². The Labute approximate surface area is 201 Å². The summed E-state index contributed by atoms with van der Waals surface area (Å²) < 4.78 is 32.7. The topological polar surface area (TPSA) is 103 Å². The molecule has 0 aromatic rings. The van der Waals surface area contributed by atoms with E-state index in [9.17, 15) is 14.3 Å². The van der Waals surface area contributed by atoms with Crippen molar-refractivity contribution >= 4 is 13.9 Å². The van der Waals surface area contributed by atoms with Crippen molar-refractivity contribution < 1.29 is 37.3 Å². The third-order valence-corrected chi connectivity index (χ3v) is 6.21. The van der Waals surface area contributed by atoms with E-state index < -0.39 is 20.0 Å². The number of phosphoric acid groups is 1. The van der Waals surface area contributed by atoms with Crippen molar-refractivity contribution in [2.45, 2.75) is 83.7 Å². The fraction of sp³-hybridized carbons (Fsp3) is 0.957. The van der Waals surface area contributed by atoms with Crippen LogP contribution in [0.25, 0.3) is 0 Å². The molecule has 0 aliphatic heterocycles. The summed E-state index contributed by atoms with van der Waals surface area (Å²) in [7, 11) is 3.09. The lowest BCUT2D eigenvalue weighted by atomic mass is 10.1. The van der Waals surface area contributed by atoms with Crippen LogP contribution in [0.3, 0.4) is 0 Å². The average molecular weight is 498 g/mol. The van der Waals surface area contributed by atoms with Crippen LogP contribution in [-0.4, -0.2) is 82.7 Å². The molecule has 0 radical (unpaired) electrons. The molecule has 0 saturated carbocycles. The minimum absolute atomic E-state index is 0.0839. The zero-order valence-electron chi connectivity index (χ0n) is 21.7. The molecule has 0 fully saturated rings. The Morgan fingerprint density at radius 2 is 1.45 bits per heavy atom.